The van der Waals surface area contributed by atoms with E-state index in [4.69, 9.17) is 4.74 Å². The first kappa shape index (κ1) is 30.6. The third-order valence-corrected chi connectivity index (χ3v) is 10.7. The number of likely N-dealkylation sites (tertiary alicyclic amines) is 2. The van der Waals surface area contributed by atoms with Crippen LogP contribution in [0, 0.1) is 17.8 Å². The van der Waals surface area contributed by atoms with Crippen molar-refractivity contribution in [3.05, 3.63) is 113 Å². The number of phenolic OH excluding ortho intramolecular Hbond substituents is 1. The lowest BCUT2D eigenvalue weighted by atomic mass is 9.69. The van der Waals surface area contributed by atoms with Gasteiger partial charge in [-0.15, -0.1) is 0 Å². The molecule has 3 aromatic carbocycles. The highest BCUT2D eigenvalue weighted by molar-refractivity contribution is 6.06. The molecule has 7 rings (SSSR count). The predicted octanol–water partition coefficient (Wildman–Crippen LogP) is 7.10. The van der Waals surface area contributed by atoms with Crippen LogP contribution in [-0.2, 0) is 20.9 Å². The minimum atomic E-state index is -0.304. The number of ether oxygens (including phenoxy) is 1. The number of phenols is 1. The Kier molecular flexibility index (Phi) is 8.92. The highest BCUT2D eigenvalue weighted by Gasteiger charge is 2.58. The molecule has 3 aromatic rings. The minimum Gasteiger partial charge on any atom is -0.508 e. The molecular weight excluding hydrogens is 572 g/mol. The maximum atomic E-state index is 14.1. The zero-order valence-electron chi connectivity index (χ0n) is 26.7. The smallest absolute Gasteiger partial charge is 0.234 e. The molecule has 0 bridgehead atoms. The number of hydrogen-bond donors (Lipinski definition) is 1. The maximum absolute atomic E-state index is 14.1. The molecule has 238 valence electrons. The molecule has 4 aliphatic rings. The second kappa shape index (κ2) is 13.4. The van der Waals surface area contributed by atoms with Crippen LogP contribution in [-0.4, -0.2) is 58.6 Å². The summed E-state index contributed by atoms with van der Waals surface area (Å²) >= 11 is 0. The van der Waals surface area contributed by atoms with Gasteiger partial charge in [-0.3, -0.25) is 19.4 Å². The fourth-order valence-corrected chi connectivity index (χ4v) is 8.43. The lowest BCUT2D eigenvalue weighted by molar-refractivity contribution is -0.144. The van der Waals surface area contributed by atoms with Gasteiger partial charge in [0.05, 0.1) is 24.5 Å². The second-order valence-electron chi connectivity index (χ2n) is 13.4. The number of piperidine rings is 1. The molecule has 1 aliphatic carbocycles. The third-order valence-electron chi connectivity index (χ3n) is 10.7. The van der Waals surface area contributed by atoms with Crippen molar-refractivity contribution in [2.75, 3.05) is 19.7 Å². The number of aromatic hydroxyl groups is 1. The first-order valence-electron chi connectivity index (χ1n) is 17.0. The molecule has 1 N–H and O–H groups in total. The molecular formula is C40H44N2O4. The van der Waals surface area contributed by atoms with Gasteiger partial charge in [-0.25, -0.2) is 0 Å². The van der Waals surface area contributed by atoms with E-state index in [0.717, 1.165) is 62.9 Å². The van der Waals surface area contributed by atoms with E-state index < -0.39 is 0 Å². The third kappa shape index (κ3) is 6.08. The van der Waals surface area contributed by atoms with Crippen molar-refractivity contribution in [1.82, 2.24) is 9.80 Å². The van der Waals surface area contributed by atoms with Crippen LogP contribution < -0.4 is 0 Å². The standard InChI is InChI=1S/C40H44N2O4/c1-2-29-24-34-38(40(45)42(39(34)44)32-18-20-41(21-19-32)25-27-10-5-3-6-11-27)35-26-46-36(37(29)35)17-16-31(30-13-7-4-8-14-30)22-28-12-9-15-33(43)23-28/h3-15,22-23,32,34-36,38,43H,2,16-21,24-26H2,1H3/b31-22-/t34-,35+,36-,38-/m1/s1. The molecule has 0 aromatic heterocycles. The number of nitrogens with zero attached hydrogens (tertiary/aromatic N) is 2. The zero-order chi connectivity index (χ0) is 31.6. The minimum absolute atomic E-state index is 0.0136. The summed E-state index contributed by atoms with van der Waals surface area (Å²) in [6.45, 7) is 5.37. The highest BCUT2D eigenvalue weighted by Crippen LogP contribution is 2.51. The summed E-state index contributed by atoms with van der Waals surface area (Å²) in [5.41, 5.74) is 7.19. The van der Waals surface area contributed by atoms with Crippen LogP contribution in [0.15, 0.2) is 96.1 Å². The molecule has 0 unspecified atom stereocenters. The topological polar surface area (TPSA) is 70.1 Å². The normalized spacial score (nSPS) is 25.7. The van der Waals surface area contributed by atoms with Gasteiger partial charge in [0.15, 0.2) is 0 Å². The first-order chi connectivity index (χ1) is 22.5. The molecule has 6 heteroatoms. The Morgan fingerprint density at radius 3 is 2.37 bits per heavy atom. The number of benzene rings is 3. The molecule has 3 aliphatic heterocycles. The zero-order valence-corrected chi connectivity index (χ0v) is 26.7. The fraction of sp³-hybridized carbons (Fsp3) is 0.400. The summed E-state index contributed by atoms with van der Waals surface area (Å²) in [7, 11) is 0. The van der Waals surface area contributed by atoms with Gasteiger partial charge in [0, 0.05) is 31.6 Å². The molecule has 0 saturated carbocycles. The van der Waals surface area contributed by atoms with Gasteiger partial charge in [0.25, 0.3) is 0 Å². The quantitative estimate of drug-likeness (QED) is 0.158. The Morgan fingerprint density at radius 2 is 1.65 bits per heavy atom. The van der Waals surface area contributed by atoms with E-state index in [9.17, 15) is 14.7 Å². The Hall–Kier alpha value is -4.00. The van der Waals surface area contributed by atoms with E-state index in [1.165, 1.54) is 22.3 Å². The lowest BCUT2D eigenvalue weighted by Gasteiger charge is -2.36. The van der Waals surface area contributed by atoms with Crippen LogP contribution in [0.25, 0.3) is 11.6 Å². The average Bonchev–Trinajstić information content (AvgIpc) is 3.61. The van der Waals surface area contributed by atoms with Gasteiger partial charge in [-0.1, -0.05) is 91.4 Å². The molecule has 0 spiro atoms. The molecule has 6 nitrogen and oxygen atoms in total. The Bertz CT molecular complexity index is 1620. The average molecular weight is 617 g/mol. The van der Waals surface area contributed by atoms with Gasteiger partial charge in [0.2, 0.25) is 11.8 Å². The number of allylic oxidation sites excluding steroid dienone is 2. The number of hydrogen-bond acceptors (Lipinski definition) is 5. The fourth-order valence-electron chi connectivity index (χ4n) is 8.43. The monoisotopic (exact) mass is 616 g/mol. The summed E-state index contributed by atoms with van der Waals surface area (Å²) in [5, 5.41) is 10.1. The number of imide groups is 1. The molecule has 0 radical (unpaired) electrons. The maximum Gasteiger partial charge on any atom is 0.234 e. The molecule has 2 amide bonds. The van der Waals surface area contributed by atoms with Crippen molar-refractivity contribution in [2.45, 2.75) is 64.1 Å². The largest absolute Gasteiger partial charge is 0.508 e. The lowest BCUT2D eigenvalue weighted by Crippen LogP contribution is -2.47. The Morgan fingerprint density at radius 1 is 0.913 bits per heavy atom. The number of carbonyl (C=O) groups is 2. The predicted molar refractivity (Wildman–Crippen MR) is 180 cm³/mol. The number of fused-ring (bicyclic) bond motifs is 3. The molecule has 3 fully saturated rings. The van der Waals surface area contributed by atoms with Gasteiger partial charge >= 0.3 is 0 Å². The van der Waals surface area contributed by atoms with E-state index >= 15 is 0 Å². The van der Waals surface area contributed by atoms with Crippen LogP contribution >= 0.6 is 0 Å². The van der Waals surface area contributed by atoms with Crippen LogP contribution in [0.4, 0.5) is 0 Å². The van der Waals surface area contributed by atoms with Crippen molar-refractivity contribution in [3.63, 3.8) is 0 Å². The summed E-state index contributed by atoms with van der Waals surface area (Å²) in [6.07, 6.45) is 6.91. The van der Waals surface area contributed by atoms with Crippen LogP contribution in [0.2, 0.25) is 0 Å². The van der Waals surface area contributed by atoms with Gasteiger partial charge < -0.3 is 9.84 Å². The second-order valence-corrected chi connectivity index (χ2v) is 13.4. The molecule has 3 saturated heterocycles. The van der Waals surface area contributed by atoms with Crippen molar-refractivity contribution >= 4 is 23.5 Å². The summed E-state index contributed by atoms with van der Waals surface area (Å²) < 4.78 is 6.52. The highest BCUT2D eigenvalue weighted by atomic mass is 16.5. The summed E-state index contributed by atoms with van der Waals surface area (Å²) in [5.74, 6) is -0.251. The van der Waals surface area contributed by atoms with E-state index in [0.29, 0.717) is 13.0 Å². The van der Waals surface area contributed by atoms with Gasteiger partial charge in [-0.2, -0.15) is 0 Å². The number of rotatable bonds is 9. The SMILES string of the molecule is CCC1=C2[C@@H](CC/C(=C/c3cccc(O)c3)c3ccccc3)OC[C@@H]2[C@@H]2C(=O)N(C3CCN(Cc4ccccc4)CC3)C(=O)[C@@H]2C1. The number of amides is 2. The summed E-state index contributed by atoms with van der Waals surface area (Å²) in [6, 6.07) is 28.2. The van der Waals surface area contributed by atoms with E-state index in [2.05, 4.69) is 54.3 Å². The van der Waals surface area contributed by atoms with Crippen LogP contribution in [0.3, 0.4) is 0 Å². The Balaban J connectivity index is 1.06. The van der Waals surface area contributed by atoms with Gasteiger partial charge in [-0.05, 0) is 78.5 Å². The van der Waals surface area contributed by atoms with Crippen LogP contribution in [0.5, 0.6) is 5.75 Å². The van der Waals surface area contributed by atoms with Crippen molar-refractivity contribution in [3.8, 4) is 5.75 Å². The van der Waals surface area contributed by atoms with Crippen molar-refractivity contribution in [1.29, 1.82) is 0 Å². The van der Waals surface area contributed by atoms with E-state index in [1.807, 2.05) is 36.4 Å². The molecule has 4 atom stereocenters. The Labute approximate surface area is 272 Å². The molecule has 46 heavy (non-hydrogen) atoms. The van der Waals surface area contributed by atoms with Gasteiger partial charge in [0.1, 0.15) is 5.75 Å². The molecule has 3 heterocycles. The van der Waals surface area contributed by atoms with Crippen molar-refractivity contribution in [2.24, 2.45) is 17.8 Å². The van der Waals surface area contributed by atoms with E-state index in [-0.39, 0.29) is 47.5 Å². The summed E-state index contributed by atoms with van der Waals surface area (Å²) in [4.78, 5) is 32.2. The number of carbonyl (C=O) groups excluding carboxylic acids is 2. The van der Waals surface area contributed by atoms with Crippen LogP contribution in [0.1, 0.15) is 62.1 Å². The first-order valence-corrected chi connectivity index (χ1v) is 17.0. The van der Waals surface area contributed by atoms with E-state index in [1.54, 1.807) is 17.0 Å². The van der Waals surface area contributed by atoms with Crippen molar-refractivity contribution < 1.29 is 19.4 Å².